The number of carbonyl (C=O) groups excluding carboxylic acids is 1. The van der Waals surface area contributed by atoms with Crippen molar-refractivity contribution in [1.29, 1.82) is 0 Å². The van der Waals surface area contributed by atoms with E-state index in [1.807, 2.05) is 30.2 Å². The molecule has 4 heteroatoms. The third-order valence-electron chi connectivity index (χ3n) is 3.99. The maximum Gasteiger partial charge on any atom is 0.226 e. The van der Waals surface area contributed by atoms with Crippen LogP contribution in [0, 0.1) is 11.8 Å². The van der Waals surface area contributed by atoms with Gasteiger partial charge in [0.05, 0.1) is 6.04 Å². The molecule has 2 rings (SSSR count). The van der Waals surface area contributed by atoms with Crippen molar-refractivity contribution in [3.8, 4) is 0 Å². The highest BCUT2D eigenvalue weighted by atomic mass is 16.2. The first kappa shape index (κ1) is 14.0. The average Bonchev–Trinajstić information content (AvgIpc) is 2.46. The average molecular weight is 261 g/mol. The summed E-state index contributed by atoms with van der Waals surface area (Å²) in [6, 6.07) is 4.08. The van der Waals surface area contributed by atoms with E-state index in [-0.39, 0.29) is 17.9 Å². The van der Waals surface area contributed by atoms with Gasteiger partial charge in [0.25, 0.3) is 0 Å². The van der Waals surface area contributed by atoms with Gasteiger partial charge in [0.1, 0.15) is 0 Å². The standard InChI is InChI=1S/C15H23N3O/c1-11(2)12(3)15(19)18-8-7-17-10-14(18)13-5-4-6-16-9-13/h4-6,9,11-12,14,17H,7-8,10H2,1-3H3. The number of hydrogen-bond acceptors (Lipinski definition) is 3. The van der Waals surface area contributed by atoms with Crippen LogP contribution >= 0.6 is 0 Å². The maximum absolute atomic E-state index is 12.6. The zero-order chi connectivity index (χ0) is 13.8. The Morgan fingerprint density at radius 3 is 2.89 bits per heavy atom. The lowest BCUT2D eigenvalue weighted by Crippen LogP contribution is -2.50. The second kappa shape index (κ2) is 6.15. The molecule has 0 aliphatic carbocycles. The molecule has 2 heterocycles. The molecule has 1 saturated heterocycles. The molecule has 1 aliphatic heterocycles. The number of amides is 1. The third-order valence-corrected chi connectivity index (χ3v) is 3.99. The number of rotatable bonds is 3. The number of aromatic nitrogens is 1. The van der Waals surface area contributed by atoms with E-state index >= 15 is 0 Å². The highest BCUT2D eigenvalue weighted by molar-refractivity contribution is 5.79. The molecule has 19 heavy (non-hydrogen) atoms. The Morgan fingerprint density at radius 1 is 1.47 bits per heavy atom. The number of pyridine rings is 1. The van der Waals surface area contributed by atoms with E-state index in [9.17, 15) is 4.79 Å². The third kappa shape index (κ3) is 3.13. The summed E-state index contributed by atoms with van der Waals surface area (Å²) in [7, 11) is 0. The van der Waals surface area contributed by atoms with E-state index in [2.05, 4.69) is 24.1 Å². The highest BCUT2D eigenvalue weighted by Gasteiger charge is 2.31. The molecule has 1 fully saturated rings. The zero-order valence-electron chi connectivity index (χ0n) is 12.0. The van der Waals surface area contributed by atoms with Crippen molar-refractivity contribution in [2.75, 3.05) is 19.6 Å². The van der Waals surface area contributed by atoms with E-state index in [0.717, 1.165) is 25.2 Å². The lowest BCUT2D eigenvalue weighted by atomic mass is 9.94. The molecule has 1 N–H and O–H groups in total. The Hall–Kier alpha value is -1.42. The summed E-state index contributed by atoms with van der Waals surface area (Å²) < 4.78 is 0. The fraction of sp³-hybridized carbons (Fsp3) is 0.600. The van der Waals surface area contributed by atoms with E-state index in [4.69, 9.17) is 0 Å². The van der Waals surface area contributed by atoms with Gasteiger partial charge in [-0.2, -0.15) is 0 Å². The monoisotopic (exact) mass is 261 g/mol. The van der Waals surface area contributed by atoms with Crippen LogP contribution in [0.15, 0.2) is 24.5 Å². The van der Waals surface area contributed by atoms with Gasteiger partial charge in [-0.1, -0.05) is 26.8 Å². The summed E-state index contributed by atoms with van der Waals surface area (Å²) in [6.45, 7) is 8.67. The summed E-state index contributed by atoms with van der Waals surface area (Å²) in [6.07, 6.45) is 3.63. The lowest BCUT2D eigenvalue weighted by molar-refractivity contribution is -0.139. The van der Waals surface area contributed by atoms with Crippen molar-refractivity contribution < 1.29 is 4.79 Å². The van der Waals surface area contributed by atoms with Gasteiger partial charge in [-0.3, -0.25) is 9.78 Å². The number of carbonyl (C=O) groups is 1. The first-order valence-electron chi connectivity index (χ1n) is 7.02. The molecule has 1 aromatic rings. The molecule has 0 saturated carbocycles. The highest BCUT2D eigenvalue weighted by Crippen LogP contribution is 2.25. The van der Waals surface area contributed by atoms with E-state index in [0.29, 0.717) is 5.92 Å². The second-order valence-corrected chi connectivity index (χ2v) is 5.57. The van der Waals surface area contributed by atoms with Crippen LogP contribution in [0.1, 0.15) is 32.4 Å². The predicted molar refractivity (Wildman–Crippen MR) is 75.6 cm³/mol. The Kier molecular flexibility index (Phi) is 4.53. The molecule has 0 bridgehead atoms. The van der Waals surface area contributed by atoms with Crippen LogP contribution in [-0.2, 0) is 4.79 Å². The largest absolute Gasteiger partial charge is 0.333 e. The predicted octanol–water partition coefficient (Wildman–Crippen LogP) is 1.85. The fourth-order valence-electron chi connectivity index (χ4n) is 2.39. The summed E-state index contributed by atoms with van der Waals surface area (Å²) in [5.41, 5.74) is 1.11. The van der Waals surface area contributed by atoms with E-state index < -0.39 is 0 Å². The van der Waals surface area contributed by atoms with Crippen LogP contribution in [-0.4, -0.2) is 35.4 Å². The molecule has 2 atom stereocenters. The topological polar surface area (TPSA) is 45.2 Å². The molecular formula is C15H23N3O. The smallest absolute Gasteiger partial charge is 0.226 e. The normalized spacial score (nSPS) is 21.5. The minimum Gasteiger partial charge on any atom is -0.333 e. The zero-order valence-corrected chi connectivity index (χ0v) is 12.0. The minimum absolute atomic E-state index is 0.0669. The van der Waals surface area contributed by atoms with Crippen molar-refractivity contribution in [2.45, 2.75) is 26.8 Å². The van der Waals surface area contributed by atoms with Gasteiger partial charge in [-0.25, -0.2) is 0 Å². The van der Waals surface area contributed by atoms with Gasteiger partial charge in [0.2, 0.25) is 5.91 Å². The second-order valence-electron chi connectivity index (χ2n) is 5.57. The molecule has 1 aliphatic rings. The molecule has 1 amide bonds. The Balaban J connectivity index is 2.19. The van der Waals surface area contributed by atoms with Gasteiger partial charge in [-0.05, 0) is 17.5 Å². The minimum atomic E-state index is 0.0669. The van der Waals surface area contributed by atoms with Gasteiger partial charge >= 0.3 is 0 Å². The van der Waals surface area contributed by atoms with Crippen LogP contribution < -0.4 is 5.32 Å². The Labute approximate surface area is 115 Å². The van der Waals surface area contributed by atoms with Gasteiger partial charge in [-0.15, -0.1) is 0 Å². The molecule has 4 nitrogen and oxygen atoms in total. The molecule has 0 aromatic carbocycles. The van der Waals surface area contributed by atoms with Crippen molar-refractivity contribution in [2.24, 2.45) is 11.8 Å². The molecule has 0 radical (unpaired) electrons. The first-order chi connectivity index (χ1) is 9.11. The van der Waals surface area contributed by atoms with Crippen molar-refractivity contribution in [3.63, 3.8) is 0 Å². The number of piperazine rings is 1. The Bertz CT molecular complexity index is 419. The molecule has 1 aromatic heterocycles. The van der Waals surface area contributed by atoms with E-state index in [1.54, 1.807) is 6.20 Å². The van der Waals surface area contributed by atoms with Crippen molar-refractivity contribution >= 4 is 5.91 Å². The molecular weight excluding hydrogens is 238 g/mol. The van der Waals surface area contributed by atoms with Gasteiger partial charge in [0.15, 0.2) is 0 Å². The summed E-state index contributed by atoms with van der Waals surface area (Å²) in [4.78, 5) is 18.8. The van der Waals surface area contributed by atoms with Crippen LogP contribution in [0.4, 0.5) is 0 Å². The van der Waals surface area contributed by atoms with E-state index in [1.165, 1.54) is 0 Å². The van der Waals surface area contributed by atoms with Gasteiger partial charge in [0, 0.05) is 37.9 Å². The molecule has 0 spiro atoms. The lowest BCUT2D eigenvalue weighted by Gasteiger charge is -2.38. The number of hydrogen-bond donors (Lipinski definition) is 1. The summed E-state index contributed by atoms with van der Waals surface area (Å²) in [5.74, 6) is 0.694. The summed E-state index contributed by atoms with van der Waals surface area (Å²) in [5, 5.41) is 3.36. The quantitative estimate of drug-likeness (QED) is 0.903. The first-order valence-corrected chi connectivity index (χ1v) is 7.02. The SMILES string of the molecule is CC(C)C(C)C(=O)N1CCNCC1c1cccnc1. The van der Waals surface area contributed by atoms with Crippen LogP contribution in [0.3, 0.4) is 0 Å². The number of nitrogens with zero attached hydrogens (tertiary/aromatic N) is 2. The summed E-state index contributed by atoms with van der Waals surface area (Å²) >= 11 is 0. The number of nitrogens with one attached hydrogen (secondary N) is 1. The van der Waals surface area contributed by atoms with Crippen LogP contribution in [0.5, 0.6) is 0 Å². The van der Waals surface area contributed by atoms with Crippen molar-refractivity contribution in [1.82, 2.24) is 15.2 Å². The van der Waals surface area contributed by atoms with Gasteiger partial charge < -0.3 is 10.2 Å². The van der Waals surface area contributed by atoms with Crippen molar-refractivity contribution in [3.05, 3.63) is 30.1 Å². The Morgan fingerprint density at radius 2 is 2.26 bits per heavy atom. The van der Waals surface area contributed by atoms with Crippen LogP contribution in [0.25, 0.3) is 0 Å². The van der Waals surface area contributed by atoms with Crippen LogP contribution in [0.2, 0.25) is 0 Å². The molecule has 2 unspecified atom stereocenters. The molecule has 104 valence electrons. The maximum atomic E-state index is 12.6. The fourth-order valence-corrected chi connectivity index (χ4v) is 2.39.